The normalized spacial score (nSPS) is 16.9. The third-order valence-corrected chi connectivity index (χ3v) is 3.23. The zero-order valence-corrected chi connectivity index (χ0v) is 10.8. The number of carbonyl (C=O) groups excluding carboxylic acids is 1. The van der Waals surface area contributed by atoms with E-state index in [9.17, 15) is 4.79 Å². The van der Waals surface area contributed by atoms with Gasteiger partial charge in [-0.3, -0.25) is 0 Å². The lowest BCUT2D eigenvalue weighted by atomic mass is 9.80. The molecule has 0 radical (unpaired) electrons. The molecule has 102 valence electrons. The van der Waals surface area contributed by atoms with Crippen LogP contribution >= 0.6 is 0 Å². The van der Waals surface area contributed by atoms with Crippen LogP contribution in [0.1, 0.15) is 31.7 Å². The summed E-state index contributed by atoms with van der Waals surface area (Å²) >= 11 is 0. The minimum atomic E-state index is -0.880. The number of rotatable bonds is 5. The van der Waals surface area contributed by atoms with Gasteiger partial charge in [0.15, 0.2) is 0 Å². The molecule has 1 aromatic rings. The minimum absolute atomic E-state index is 0.322. The van der Waals surface area contributed by atoms with Crippen LogP contribution < -0.4 is 4.74 Å². The molecule has 19 heavy (non-hydrogen) atoms. The summed E-state index contributed by atoms with van der Waals surface area (Å²) < 4.78 is 10.9. The number of nitrogens with zero attached hydrogens (tertiary/aromatic N) is 1. The average Bonchev–Trinajstić information content (AvgIpc) is 2.36. The number of oxime groups is 1. The molecule has 1 fully saturated rings. The number of hydrogen-bond donors (Lipinski definition) is 1. The highest BCUT2D eigenvalue weighted by Crippen LogP contribution is 2.38. The van der Waals surface area contributed by atoms with Crippen molar-refractivity contribution in [3.05, 3.63) is 29.8 Å². The monoisotopic (exact) mass is 263 g/mol. The summed E-state index contributed by atoms with van der Waals surface area (Å²) in [7, 11) is 0. The fourth-order valence-corrected chi connectivity index (χ4v) is 2.06. The Morgan fingerprint density at radius 3 is 2.79 bits per heavy atom. The second-order valence-corrected chi connectivity index (χ2v) is 4.45. The second kappa shape index (κ2) is 5.73. The van der Waals surface area contributed by atoms with Crippen LogP contribution in [-0.4, -0.2) is 29.6 Å². The molecule has 0 spiro atoms. The van der Waals surface area contributed by atoms with Crippen molar-refractivity contribution in [1.82, 2.24) is 0 Å². The van der Waals surface area contributed by atoms with E-state index in [1.165, 1.54) is 6.21 Å². The van der Waals surface area contributed by atoms with E-state index in [0.717, 1.165) is 6.42 Å². The topological polar surface area (TPSA) is 68.1 Å². The molecule has 0 aliphatic heterocycles. The molecule has 0 aromatic heterocycles. The molecule has 5 heteroatoms. The molecule has 1 aliphatic rings. The zero-order chi connectivity index (χ0) is 13.7. The van der Waals surface area contributed by atoms with Crippen LogP contribution in [0.4, 0.5) is 0 Å². The van der Waals surface area contributed by atoms with E-state index in [-0.39, 0.29) is 5.97 Å². The molecule has 0 saturated heterocycles. The van der Waals surface area contributed by atoms with E-state index in [1.807, 2.05) is 12.1 Å². The lowest BCUT2D eigenvalue weighted by Gasteiger charge is -2.39. The van der Waals surface area contributed by atoms with Crippen molar-refractivity contribution in [3.63, 3.8) is 0 Å². The minimum Gasteiger partial charge on any atom is -0.475 e. The first-order valence-electron chi connectivity index (χ1n) is 6.34. The highest BCUT2D eigenvalue weighted by atomic mass is 16.6. The Morgan fingerprint density at radius 2 is 2.21 bits per heavy atom. The van der Waals surface area contributed by atoms with Crippen molar-refractivity contribution in [2.24, 2.45) is 5.16 Å². The van der Waals surface area contributed by atoms with Crippen LogP contribution in [0.2, 0.25) is 0 Å². The summed E-state index contributed by atoms with van der Waals surface area (Å²) in [6, 6.07) is 7.12. The van der Waals surface area contributed by atoms with Crippen LogP contribution in [0.25, 0.3) is 0 Å². The predicted molar refractivity (Wildman–Crippen MR) is 69.7 cm³/mol. The van der Waals surface area contributed by atoms with Crippen LogP contribution in [0, 0.1) is 0 Å². The third kappa shape index (κ3) is 2.70. The molecule has 0 heterocycles. The Morgan fingerprint density at radius 1 is 1.47 bits per heavy atom. The van der Waals surface area contributed by atoms with Gasteiger partial charge in [-0.2, -0.15) is 0 Å². The molecule has 0 unspecified atom stereocenters. The first kappa shape index (κ1) is 13.4. The average molecular weight is 263 g/mol. The number of ether oxygens (including phenoxy) is 2. The van der Waals surface area contributed by atoms with Gasteiger partial charge < -0.3 is 14.7 Å². The number of esters is 1. The summed E-state index contributed by atoms with van der Waals surface area (Å²) in [6.07, 6.45) is 3.52. The molecule has 0 atom stereocenters. The number of carbonyl (C=O) groups is 1. The molecular formula is C14H17NO4. The lowest BCUT2D eigenvalue weighted by molar-refractivity contribution is -0.169. The highest BCUT2D eigenvalue weighted by Gasteiger charge is 2.48. The zero-order valence-electron chi connectivity index (χ0n) is 10.8. The van der Waals surface area contributed by atoms with Crippen molar-refractivity contribution in [1.29, 1.82) is 0 Å². The summed E-state index contributed by atoms with van der Waals surface area (Å²) in [5, 5.41) is 11.6. The molecule has 2 rings (SSSR count). The van der Waals surface area contributed by atoms with Gasteiger partial charge in [0.2, 0.25) is 5.60 Å². The molecule has 1 saturated carbocycles. The van der Waals surface area contributed by atoms with Gasteiger partial charge in [-0.05, 0) is 38.3 Å². The molecular weight excluding hydrogens is 246 g/mol. The van der Waals surface area contributed by atoms with Gasteiger partial charge in [0.25, 0.3) is 0 Å². The number of benzene rings is 1. The maximum Gasteiger partial charge on any atom is 0.350 e. The summed E-state index contributed by atoms with van der Waals surface area (Å²) in [5.41, 5.74) is -0.254. The van der Waals surface area contributed by atoms with E-state index < -0.39 is 5.60 Å². The molecule has 5 nitrogen and oxygen atoms in total. The Labute approximate surface area is 111 Å². The van der Waals surface area contributed by atoms with E-state index in [2.05, 4.69) is 5.16 Å². The quantitative estimate of drug-likeness (QED) is 0.383. The Balaban J connectivity index is 2.21. The van der Waals surface area contributed by atoms with E-state index in [1.54, 1.807) is 19.1 Å². The molecule has 0 amide bonds. The van der Waals surface area contributed by atoms with Gasteiger partial charge in [0.1, 0.15) is 5.75 Å². The van der Waals surface area contributed by atoms with Crippen LogP contribution in [-0.2, 0) is 9.53 Å². The summed E-state index contributed by atoms with van der Waals surface area (Å²) in [6.45, 7) is 2.11. The first-order valence-corrected chi connectivity index (χ1v) is 6.34. The van der Waals surface area contributed by atoms with Crippen molar-refractivity contribution in [2.45, 2.75) is 31.8 Å². The standard InChI is InChI=1S/C14H17NO4/c1-2-18-13(16)14(8-5-9-14)19-12-7-4-3-6-11(12)10-15-17/h3-4,6-7,10,17H,2,5,8-9H2,1H3/b15-10-. The fourth-order valence-electron chi connectivity index (χ4n) is 2.06. The van der Waals surface area contributed by atoms with Crippen LogP contribution in [0.5, 0.6) is 5.75 Å². The van der Waals surface area contributed by atoms with Gasteiger partial charge in [0, 0.05) is 5.56 Å². The van der Waals surface area contributed by atoms with E-state index >= 15 is 0 Å². The largest absolute Gasteiger partial charge is 0.475 e. The van der Waals surface area contributed by atoms with Gasteiger partial charge in [-0.1, -0.05) is 17.3 Å². The van der Waals surface area contributed by atoms with Crippen molar-refractivity contribution in [3.8, 4) is 5.75 Å². The van der Waals surface area contributed by atoms with E-state index in [0.29, 0.717) is 30.8 Å². The maximum atomic E-state index is 12.0. The maximum absolute atomic E-state index is 12.0. The smallest absolute Gasteiger partial charge is 0.350 e. The second-order valence-electron chi connectivity index (χ2n) is 4.45. The molecule has 1 aliphatic carbocycles. The summed E-state index contributed by atoms with van der Waals surface area (Å²) in [4.78, 5) is 12.0. The van der Waals surface area contributed by atoms with Gasteiger partial charge >= 0.3 is 5.97 Å². The number of hydrogen-bond acceptors (Lipinski definition) is 5. The molecule has 1 aromatic carbocycles. The summed E-state index contributed by atoms with van der Waals surface area (Å²) in [5.74, 6) is 0.199. The van der Waals surface area contributed by atoms with Crippen LogP contribution in [0.15, 0.2) is 29.4 Å². The predicted octanol–water partition coefficient (Wildman–Crippen LogP) is 2.36. The Bertz CT molecular complexity index is 480. The Kier molecular flexibility index (Phi) is 4.04. The molecule has 0 bridgehead atoms. The van der Waals surface area contributed by atoms with Gasteiger partial charge in [0.05, 0.1) is 12.8 Å². The first-order chi connectivity index (χ1) is 9.22. The lowest BCUT2D eigenvalue weighted by Crippen LogP contribution is -2.51. The van der Waals surface area contributed by atoms with Crippen molar-refractivity contribution >= 4 is 12.2 Å². The van der Waals surface area contributed by atoms with Gasteiger partial charge in [-0.25, -0.2) is 4.79 Å². The van der Waals surface area contributed by atoms with Crippen molar-refractivity contribution < 1.29 is 19.5 Å². The third-order valence-electron chi connectivity index (χ3n) is 3.23. The van der Waals surface area contributed by atoms with Gasteiger partial charge in [-0.15, -0.1) is 0 Å². The number of para-hydroxylation sites is 1. The SMILES string of the molecule is CCOC(=O)C1(Oc2ccccc2/C=N\O)CCC1. The Hall–Kier alpha value is -2.04. The van der Waals surface area contributed by atoms with Crippen molar-refractivity contribution in [2.75, 3.05) is 6.61 Å². The highest BCUT2D eigenvalue weighted by molar-refractivity contribution is 5.85. The molecule has 1 N–H and O–H groups in total. The van der Waals surface area contributed by atoms with E-state index in [4.69, 9.17) is 14.7 Å². The van der Waals surface area contributed by atoms with Crippen LogP contribution in [0.3, 0.4) is 0 Å². The fraction of sp³-hybridized carbons (Fsp3) is 0.429.